The van der Waals surface area contributed by atoms with Crippen molar-refractivity contribution in [2.45, 2.75) is 70.9 Å². The molecule has 2 aromatic carbocycles. The van der Waals surface area contributed by atoms with Gasteiger partial charge in [-0.1, -0.05) is 22.8 Å². The second kappa shape index (κ2) is 13.4. The van der Waals surface area contributed by atoms with Crippen molar-refractivity contribution < 1.29 is 31.1 Å². The summed E-state index contributed by atoms with van der Waals surface area (Å²) >= 11 is 0. The summed E-state index contributed by atoms with van der Waals surface area (Å²) in [4.78, 5) is 19.1. The van der Waals surface area contributed by atoms with Crippen molar-refractivity contribution in [2.75, 3.05) is 36.0 Å². The highest BCUT2D eigenvalue weighted by Crippen LogP contribution is 2.43. The molecule has 252 valence electrons. The molecule has 15 heteroatoms. The lowest BCUT2D eigenvalue weighted by atomic mass is 9.93. The highest BCUT2D eigenvalue weighted by atomic mass is 19.4. The Morgan fingerprint density at radius 1 is 0.979 bits per heavy atom. The quantitative estimate of drug-likeness (QED) is 0.272. The van der Waals surface area contributed by atoms with Crippen molar-refractivity contribution >= 4 is 17.5 Å². The van der Waals surface area contributed by atoms with Crippen LogP contribution in [0.25, 0.3) is 0 Å². The van der Waals surface area contributed by atoms with Gasteiger partial charge in [-0.2, -0.15) is 36.4 Å². The topological polar surface area (TPSA) is 94.2 Å². The SMILES string of the molecule is Cc1cc(C)c2c(c1)C(N(Cc1cc(C(F)(F)F)cc(C(F)(F)F)c1)c1nnn(C)n1)CCCN2CC1CCN(C(=O)CC#N)CC1. The molecule has 2 aliphatic heterocycles. The largest absolute Gasteiger partial charge is 0.416 e. The van der Waals surface area contributed by atoms with Crippen LogP contribution >= 0.6 is 0 Å². The Kier molecular flexibility index (Phi) is 9.70. The molecule has 0 aliphatic carbocycles. The number of aromatic nitrogens is 4. The standard InChI is InChI=1S/C32H36F6N8O/c1-20-13-21(2)29-26(14-20)27(5-4-10-45(29)18-22-7-11-44(12-8-22)28(47)6-9-39)46(30-40-42-43(3)41-30)19-23-15-24(31(33,34)35)17-25(16-23)32(36,37)38/h13-17,22,27H,4-8,10-12,18-19H2,1-3H3. The molecule has 1 atom stereocenters. The fourth-order valence-corrected chi connectivity index (χ4v) is 6.80. The van der Waals surface area contributed by atoms with Crippen molar-refractivity contribution in [3.8, 4) is 6.07 Å². The van der Waals surface area contributed by atoms with Gasteiger partial charge in [-0.15, -0.1) is 5.10 Å². The predicted octanol–water partition coefficient (Wildman–Crippen LogP) is 6.36. The molecular formula is C32H36F6N8O. The zero-order chi connectivity index (χ0) is 34.1. The summed E-state index contributed by atoms with van der Waals surface area (Å²) in [7, 11) is 1.54. The number of rotatable bonds is 7. The van der Waals surface area contributed by atoms with Crippen LogP contribution in [0.15, 0.2) is 30.3 Å². The second-order valence-electron chi connectivity index (χ2n) is 12.4. The monoisotopic (exact) mass is 662 g/mol. The fraction of sp³-hybridized carbons (Fsp3) is 0.531. The number of benzene rings is 2. The molecule has 0 saturated carbocycles. The van der Waals surface area contributed by atoms with Crippen LogP contribution in [0.4, 0.5) is 38.0 Å². The summed E-state index contributed by atoms with van der Waals surface area (Å²) in [5, 5.41) is 21.3. The number of hydrogen-bond acceptors (Lipinski definition) is 7. The molecule has 3 heterocycles. The van der Waals surface area contributed by atoms with Crippen molar-refractivity contribution in [3.05, 3.63) is 63.7 Å². The zero-order valence-electron chi connectivity index (χ0n) is 26.4. The molecule has 2 aliphatic rings. The molecule has 1 fully saturated rings. The summed E-state index contributed by atoms with van der Waals surface area (Å²) in [6, 6.07) is 7.14. The maximum absolute atomic E-state index is 13.8. The number of hydrogen-bond donors (Lipinski definition) is 0. The number of aryl methyl sites for hydroxylation is 3. The number of nitrogens with zero attached hydrogens (tertiary/aromatic N) is 8. The smallest absolute Gasteiger partial charge is 0.371 e. The molecule has 1 amide bonds. The lowest BCUT2D eigenvalue weighted by Gasteiger charge is -2.37. The van der Waals surface area contributed by atoms with E-state index in [2.05, 4.69) is 26.4 Å². The molecule has 0 radical (unpaired) electrons. The van der Waals surface area contributed by atoms with Gasteiger partial charge in [0, 0.05) is 38.4 Å². The molecule has 47 heavy (non-hydrogen) atoms. The van der Waals surface area contributed by atoms with Gasteiger partial charge in [-0.3, -0.25) is 4.79 Å². The van der Waals surface area contributed by atoms with Crippen molar-refractivity contribution in [2.24, 2.45) is 13.0 Å². The average molecular weight is 663 g/mol. The lowest BCUT2D eigenvalue weighted by Crippen LogP contribution is -2.41. The molecule has 5 rings (SSSR count). The van der Waals surface area contributed by atoms with E-state index in [1.807, 2.05) is 26.0 Å². The first-order valence-corrected chi connectivity index (χ1v) is 15.4. The molecule has 0 N–H and O–H groups in total. The summed E-state index contributed by atoms with van der Waals surface area (Å²) in [5.74, 6) is 0.215. The van der Waals surface area contributed by atoms with E-state index in [1.165, 1.54) is 11.8 Å². The van der Waals surface area contributed by atoms with Gasteiger partial charge in [0.2, 0.25) is 5.91 Å². The number of tetrazole rings is 1. The van der Waals surface area contributed by atoms with Crippen LogP contribution in [0, 0.1) is 31.1 Å². The Labute approximate surface area is 268 Å². The fourth-order valence-electron chi connectivity index (χ4n) is 6.80. The van der Waals surface area contributed by atoms with Gasteiger partial charge < -0.3 is 14.7 Å². The first kappa shape index (κ1) is 34.0. The van der Waals surface area contributed by atoms with Crippen LogP contribution < -0.4 is 9.80 Å². The van der Waals surface area contributed by atoms with Crippen LogP contribution in [0.5, 0.6) is 0 Å². The molecule has 1 aromatic heterocycles. The van der Waals surface area contributed by atoms with E-state index in [-0.39, 0.29) is 42.4 Å². The Hall–Kier alpha value is -4.35. The number of carbonyl (C=O) groups is 1. The van der Waals surface area contributed by atoms with Gasteiger partial charge in [0.25, 0.3) is 5.95 Å². The van der Waals surface area contributed by atoms with Gasteiger partial charge in [0.05, 0.1) is 30.3 Å². The number of alkyl halides is 6. The number of likely N-dealkylation sites (tertiary alicyclic amines) is 1. The van der Waals surface area contributed by atoms with Gasteiger partial charge in [-0.05, 0) is 85.6 Å². The van der Waals surface area contributed by atoms with Crippen molar-refractivity contribution in [1.82, 2.24) is 25.1 Å². The third-order valence-corrected chi connectivity index (χ3v) is 8.86. The highest BCUT2D eigenvalue weighted by molar-refractivity contribution is 5.78. The maximum Gasteiger partial charge on any atom is 0.416 e. The van der Waals surface area contributed by atoms with Crippen LogP contribution in [-0.4, -0.2) is 57.2 Å². The number of carbonyl (C=O) groups excluding carboxylic acids is 1. The third-order valence-electron chi connectivity index (χ3n) is 8.86. The van der Waals surface area contributed by atoms with Crippen LogP contribution in [0.1, 0.15) is 71.5 Å². The van der Waals surface area contributed by atoms with E-state index in [9.17, 15) is 31.1 Å². The van der Waals surface area contributed by atoms with Gasteiger partial charge in [0.15, 0.2) is 0 Å². The second-order valence-corrected chi connectivity index (χ2v) is 12.4. The number of amides is 1. The number of anilines is 2. The van der Waals surface area contributed by atoms with E-state index < -0.39 is 29.5 Å². The number of piperidine rings is 1. The minimum absolute atomic E-state index is 0.0939. The normalized spacial score (nSPS) is 17.7. The molecule has 1 saturated heterocycles. The minimum Gasteiger partial charge on any atom is -0.371 e. The maximum atomic E-state index is 13.8. The van der Waals surface area contributed by atoms with Crippen LogP contribution in [-0.2, 0) is 30.7 Å². The Morgan fingerprint density at radius 2 is 1.64 bits per heavy atom. The van der Waals surface area contributed by atoms with E-state index >= 15 is 0 Å². The first-order chi connectivity index (χ1) is 22.1. The molecule has 0 bridgehead atoms. The van der Waals surface area contributed by atoms with E-state index in [1.54, 1.807) is 9.80 Å². The van der Waals surface area contributed by atoms with Crippen molar-refractivity contribution in [3.63, 3.8) is 0 Å². The summed E-state index contributed by atoms with van der Waals surface area (Å²) in [5.41, 5.74) is 0.876. The molecular weight excluding hydrogens is 626 g/mol. The lowest BCUT2D eigenvalue weighted by molar-refractivity contribution is -0.143. The summed E-state index contributed by atoms with van der Waals surface area (Å²) < 4.78 is 82.6. The number of halogens is 6. The van der Waals surface area contributed by atoms with E-state index in [4.69, 9.17) is 5.26 Å². The van der Waals surface area contributed by atoms with E-state index in [0.717, 1.165) is 53.9 Å². The van der Waals surface area contributed by atoms with Crippen molar-refractivity contribution in [1.29, 1.82) is 5.26 Å². The average Bonchev–Trinajstić information content (AvgIpc) is 3.34. The Bertz CT molecular complexity index is 1610. The summed E-state index contributed by atoms with van der Waals surface area (Å²) in [6.45, 7) is 6.18. The molecule has 9 nitrogen and oxygen atoms in total. The van der Waals surface area contributed by atoms with Crippen LogP contribution in [0.3, 0.4) is 0 Å². The highest BCUT2D eigenvalue weighted by Gasteiger charge is 2.38. The van der Waals surface area contributed by atoms with Gasteiger partial charge in [-0.25, -0.2) is 0 Å². The molecule has 3 aromatic rings. The molecule has 0 spiro atoms. The predicted molar refractivity (Wildman–Crippen MR) is 161 cm³/mol. The first-order valence-electron chi connectivity index (χ1n) is 15.4. The Balaban J connectivity index is 1.51. The zero-order valence-corrected chi connectivity index (χ0v) is 26.4. The number of nitriles is 1. The number of fused-ring (bicyclic) bond motifs is 1. The van der Waals surface area contributed by atoms with Crippen LogP contribution in [0.2, 0.25) is 0 Å². The van der Waals surface area contributed by atoms with E-state index in [0.29, 0.717) is 32.5 Å². The van der Waals surface area contributed by atoms with Gasteiger partial charge >= 0.3 is 12.4 Å². The minimum atomic E-state index is -4.98. The summed E-state index contributed by atoms with van der Waals surface area (Å²) in [6.07, 6.45) is -7.31. The Morgan fingerprint density at radius 3 is 2.21 bits per heavy atom. The third kappa shape index (κ3) is 7.80. The molecule has 1 unspecified atom stereocenters. The van der Waals surface area contributed by atoms with Gasteiger partial charge in [0.1, 0.15) is 6.42 Å².